The number of nitrogens with one attached hydrogen (secondary N) is 2. The Kier molecular flexibility index (Phi) is 13.4. The maximum absolute atomic E-state index is 12.1. The number of esters is 2. The summed E-state index contributed by atoms with van der Waals surface area (Å²) in [4.78, 5) is 24.2. The molecule has 2 N–H and O–H groups in total. The predicted octanol–water partition coefficient (Wildman–Crippen LogP) is 4.81. The van der Waals surface area contributed by atoms with E-state index in [-0.39, 0.29) is 13.2 Å². The van der Waals surface area contributed by atoms with E-state index in [1.807, 2.05) is 0 Å². The van der Waals surface area contributed by atoms with Gasteiger partial charge in [-0.25, -0.2) is 9.59 Å². The maximum Gasteiger partial charge on any atom is 0.334 e. The van der Waals surface area contributed by atoms with Crippen molar-refractivity contribution >= 4 is 11.9 Å². The van der Waals surface area contributed by atoms with Crippen molar-refractivity contribution in [1.29, 1.82) is 0 Å². The van der Waals surface area contributed by atoms with E-state index < -0.39 is 11.9 Å². The fraction of sp³-hybridized carbons (Fsp3) is 0.419. The van der Waals surface area contributed by atoms with E-state index >= 15 is 0 Å². The van der Waals surface area contributed by atoms with E-state index in [1.54, 1.807) is 14.1 Å². The molecule has 0 saturated heterocycles. The molecular formula is C31H42N2O4. The first-order chi connectivity index (χ1) is 17.9. The van der Waals surface area contributed by atoms with Crippen LogP contribution in [0.4, 0.5) is 0 Å². The third kappa shape index (κ3) is 10.7. The van der Waals surface area contributed by atoms with Gasteiger partial charge in [0.15, 0.2) is 0 Å². The molecule has 0 fully saturated rings. The van der Waals surface area contributed by atoms with Crippen molar-refractivity contribution in [1.82, 2.24) is 10.6 Å². The molecule has 0 atom stereocenters. The third-order valence-corrected chi connectivity index (χ3v) is 6.01. The second kappa shape index (κ2) is 16.5. The minimum Gasteiger partial charge on any atom is -0.462 e. The van der Waals surface area contributed by atoms with Crippen molar-refractivity contribution in [3.8, 4) is 11.1 Å². The van der Waals surface area contributed by atoms with Crippen LogP contribution in [0, 0.1) is 0 Å². The number of benzene rings is 2. The van der Waals surface area contributed by atoms with Gasteiger partial charge in [0, 0.05) is 37.1 Å². The Morgan fingerprint density at radius 2 is 1.22 bits per heavy atom. The highest BCUT2D eigenvalue weighted by molar-refractivity contribution is 5.88. The van der Waals surface area contributed by atoms with Gasteiger partial charge >= 0.3 is 11.9 Å². The molecule has 0 aliphatic rings. The molecule has 0 unspecified atom stereocenters. The average Bonchev–Trinajstić information content (AvgIpc) is 2.89. The number of carbonyl (C=O) groups is 2. The van der Waals surface area contributed by atoms with Crippen LogP contribution >= 0.6 is 0 Å². The lowest BCUT2D eigenvalue weighted by Crippen LogP contribution is -2.19. The number of ether oxygens (including phenoxy) is 2. The lowest BCUT2D eigenvalue weighted by atomic mass is 9.96. The number of carbonyl (C=O) groups excluding carboxylic acids is 2. The first-order valence-corrected chi connectivity index (χ1v) is 13.1. The van der Waals surface area contributed by atoms with Gasteiger partial charge in [0.1, 0.15) is 0 Å². The van der Waals surface area contributed by atoms with Crippen LogP contribution in [-0.4, -0.2) is 52.3 Å². The van der Waals surface area contributed by atoms with Gasteiger partial charge in [-0.05, 0) is 54.8 Å². The fourth-order valence-electron chi connectivity index (χ4n) is 3.96. The lowest BCUT2D eigenvalue weighted by molar-refractivity contribution is -0.139. The molecule has 0 saturated carbocycles. The lowest BCUT2D eigenvalue weighted by Gasteiger charge is -2.13. The molecule has 0 aromatic heterocycles. The first-order valence-electron chi connectivity index (χ1n) is 13.1. The molecule has 2 rings (SSSR count). The summed E-state index contributed by atoms with van der Waals surface area (Å²) in [5.41, 5.74) is 6.46. The Morgan fingerprint density at radius 3 is 1.68 bits per heavy atom. The quantitative estimate of drug-likeness (QED) is 0.182. The fourth-order valence-corrected chi connectivity index (χ4v) is 3.96. The summed E-state index contributed by atoms with van der Waals surface area (Å²) in [7, 11) is 3.52. The van der Waals surface area contributed by atoms with E-state index in [0.717, 1.165) is 28.7 Å². The summed E-state index contributed by atoms with van der Waals surface area (Å²) in [5.74, 6) is -0.781. The highest BCUT2D eigenvalue weighted by Crippen LogP contribution is 2.24. The van der Waals surface area contributed by atoms with E-state index in [0.29, 0.717) is 37.1 Å². The Balaban J connectivity index is 2.13. The number of unbranched alkanes of at least 4 members (excludes halogenated alkanes) is 2. The number of hydrogen-bond acceptors (Lipinski definition) is 6. The van der Waals surface area contributed by atoms with Crippen LogP contribution in [0.25, 0.3) is 11.1 Å². The standard InChI is InChI=1S/C31H42N2O4/c1-6-7-8-9-25-10-12-28(13-11-25)29-19-26(14-16-36-30(34)23(2)21-32-4)18-27(20-29)15-17-37-31(35)24(3)22-33-5/h10-13,18-20,32-33H,2-3,6-9,14-17,21-22H2,1,4-5H3. The summed E-state index contributed by atoms with van der Waals surface area (Å²) < 4.78 is 10.8. The molecule has 0 radical (unpaired) electrons. The molecule has 0 bridgehead atoms. The molecule has 2 aromatic rings. The topological polar surface area (TPSA) is 76.7 Å². The molecule has 0 amide bonds. The predicted molar refractivity (Wildman–Crippen MR) is 151 cm³/mol. The van der Waals surface area contributed by atoms with Crippen molar-refractivity contribution in [2.24, 2.45) is 0 Å². The SMILES string of the molecule is C=C(CNC)C(=O)OCCc1cc(CCOC(=O)C(=C)CNC)cc(-c2ccc(CCCCC)cc2)c1. The zero-order valence-corrected chi connectivity index (χ0v) is 22.7. The molecule has 0 aliphatic carbocycles. The van der Waals surface area contributed by atoms with Crippen LogP contribution in [0.2, 0.25) is 0 Å². The summed E-state index contributed by atoms with van der Waals surface area (Å²) >= 11 is 0. The average molecular weight is 507 g/mol. The number of likely N-dealkylation sites (N-methyl/N-ethyl adjacent to an activating group) is 2. The molecule has 200 valence electrons. The van der Waals surface area contributed by atoms with Crippen molar-refractivity contribution in [3.63, 3.8) is 0 Å². The van der Waals surface area contributed by atoms with Gasteiger partial charge in [-0.15, -0.1) is 0 Å². The number of rotatable bonds is 17. The van der Waals surface area contributed by atoms with Gasteiger partial charge in [0.05, 0.1) is 13.2 Å². The van der Waals surface area contributed by atoms with Crippen LogP contribution in [0.5, 0.6) is 0 Å². The van der Waals surface area contributed by atoms with Gasteiger partial charge < -0.3 is 20.1 Å². The Morgan fingerprint density at radius 1 is 0.703 bits per heavy atom. The molecular weight excluding hydrogens is 464 g/mol. The van der Waals surface area contributed by atoms with Crippen LogP contribution in [0.15, 0.2) is 66.8 Å². The monoisotopic (exact) mass is 506 g/mol. The molecule has 0 heterocycles. The number of aryl methyl sites for hydroxylation is 1. The highest BCUT2D eigenvalue weighted by Gasteiger charge is 2.11. The largest absolute Gasteiger partial charge is 0.462 e. The van der Waals surface area contributed by atoms with Gasteiger partial charge in [-0.3, -0.25) is 0 Å². The van der Waals surface area contributed by atoms with E-state index in [4.69, 9.17) is 9.47 Å². The highest BCUT2D eigenvalue weighted by atomic mass is 16.5. The second-order valence-electron chi connectivity index (χ2n) is 9.23. The second-order valence-corrected chi connectivity index (χ2v) is 9.23. The molecule has 0 spiro atoms. The Hall–Kier alpha value is -3.22. The maximum atomic E-state index is 12.1. The van der Waals surface area contributed by atoms with Gasteiger partial charge in [0.2, 0.25) is 0 Å². The Labute approximate surface area is 222 Å². The summed E-state index contributed by atoms with van der Waals surface area (Å²) in [6, 6.07) is 15.1. The third-order valence-electron chi connectivity index (χ3n) is 6.01. The zero-order valence-electron chi connectivity index (χ0n) is 22.7. The van der Waals surface area contributed by atoms with Gasteiger partial charge in [-0.2, -0.15) is 0 Å². The molecule has 37 heavy (non-hydrogen) atoms. The molecule has 6 heteroatoms. The van der Waals surface area contributed by atoms with E-state index in [9.17, 15) is 9.59 Å². The minimum atomic E-state index is -0.391. The van der Waals surface area contributed by atoms with Crippen molar-refractivity contribution < 1.29 is 19.1 Å². The first kappa shape index (κ1) is 30.0. The summed E-state index contributed by atoms with van der Waals surface area (Å²) in [6.45, 7) is 11.0. The van der Waals surface area contributed by atoms with E-state index in [2.05, 4.69) is 73.2 Å². The van der Waals surface area contributed by atoms with Crippen molar-refractivity contribution in [3.05, 3.63) is 83.5 Å². The molecule has 6 nitrogen and oxygen atoms in total. The summed E-state index contributed by atoms with van der Waals surface area (Å²) in [6.07, 6.45) is 5.90. The number of hydrogen-bond donors (Lipinski definition) is 2. The van der Waals surface area contributed by atoms with Crippen molar-refractivity contribution in [2.75, 3.05) is 40.4 Å². The normalized spacial score (nSPS) is 10.7. The van der Waals surface area contributed by atoms with E-state index in [1.165, 1.54) is 24.8 Å². The van der Waals surface area contributed by atoms with Crippen LogP contribution in [0.1, 0.15) is 42.9 Å². The zero-order chi connectivity index (χ0) is 27.0. The molecule has 0 aliphatic heterocycles. The van der Waals surface area contributed by atoms with Crippen LogP contribution < -0.4 is 10.6 Å². The van der Waals surface area contributed by atoms with Crippen LogP contribution in [0.3, 0.4) is 0 Å². The summed E-state index contributed by atoms with van der Waals surface area (Å²) in [5, 5.41) is 5.81. The van der Waals surface area contributed by atoms with Crippen LogP contribution in [-0.2, 0) is 38.3 Å². The Bertz CT molecular complexity index is 989. The van der Waals surface area contributed by atoms with Gasteiger partial charge in [0.25, 0.3) is 0 Å². The molecule has 2 aromatic carbocycles. The van der Waals surface area contributed by atoms with Gasteiger partial charge in [-0.1, -0.05) is 75.4 Å². The minimum absolute atomic E-state index is 0.264. The smallest absolute Gasteiger partial charge is 0.334 e. The van der Waals surface area contributed by atoms with Crippen molar-refractivity contribution in [2.45, 2.75) is 45.4 Å².